The molecule has 0 bridgehead atoms. The van der Waals surface area contributed by atoms with Crippen LogP contribution >= 0.6 is 11.6 Å². The number of carbonyl (C=O) groups is 1. The Labute approximate surface area is 93.5 Å². The largest absolute Gasteiger partial charge is 0.334 e. The molecular formula is C12H12ClNO. The Hall–Kier alpha value is -1.28. The number of benzene rings is 1. The highest BCUT2D eigenvalue weighted by molar-refractivity contribution is 6.38. The van der Waals surface area contributed by atoms with Gasteiger partial charge in [-0.25, -0.2) is 0 Å². The lowest BCUT2D eigenvalue weighted by Gasteiger charge is -2.11. The molecule has 1 heterocycles. The van der Waals surface area contributed by atoms with Crippen molar-refractivity contribution in [1.29, 1.82) is 0 Å². The average Bonchev–Trinajstić information content (AvgIpc) is 2.52. The van der Waals surface area contributed by atoms with Gasteiger partial charge >= 0.3 is 0 Å². The lowest BCUT2D eigenvalue weighted by molar-refractivity contribution is 0.111. The van der Waals surface area contributed by atoms with E-state index in [0.29, 0.717) is 10.7 Å². The molecule has 0 aliphatic rings. The Bertz CT molecular complexity index is 514. The molecule has 0 atom stereocenters. The Morgan fingerprint density at radius 3 is 2.60 bits per heavy atom. The summed E-state index contributed by atoms with van der Waals surface area (Å²) in [6.45, 7) is 4.07. The van der Waals surface area contributed by atoms with Crippen LogP contribution in [0.15, 0.2) is 24.3 Å². The van der Waals surface area contributed by atoms with Crippen LogP contribution in [-0.2, 0) is 0 Å². The molecule has 0 radical (unpaired) electrons. The van der Waals surface area contributed by atoms with E-state index < -0.39 is 0 Å². The van der Waals surface area contributed by atoms with Gasteiger partial charge in [-0.05, 0) is 19.9 Å². The number of hydrogen-bond donors (Lipinski definition) is 0. The Balaban J connectivity index is 2.91. The van der Waals surface area contributed by atoms with Crippen LogP contribution in [0.25, 0.3) is 10.9 Å². The molecule has 0 saturated heterocycles. The molecule has 0 fully saturated rings. The molecule has 0 amide bonds. The third-order valence-electron chi connectivity index (χ3n) is 2.51. The van der Waals surface area contributed by atoms with Gasteiger partial charge in [0.2, 0.25) is 0 Å². The molecule has 0 aliphatic heterocycles. The first kappa shape index (κ1) is 10.2. The minimum Gasteiger partial charge on any atom is -0.334 e. The number of aldehydes is 1. The van der Waals surface area contributed by atoms with E-state index >= 15 is 0 Å². The highest BCUT2D eigenvalue weighted by atomic mass is 35.5. The van der Waals surface area contributed by atoms with E-state index in [2.05, 4.69) is 0 Å². The maximum Gasteiger partial charge on any atom is 0.168 e. The van der Waals surface area contributed by atoms with Gasteiger partial charge in [-0.15, -0.1) is 0 Å². The molecule has 0 N–H and O–H groups in total. The van der Waals surface area contributed by atoms with E-state index in [1.807, 2.05) is 42.7 Å². The van der Waals surface area contributed by atoms with Gasteiger partial charge < -0.3 is 4.57 Å². The fraction of sp³-hybridized carbons (Fsp3) is 0.250. The molecular weight excluding hydrogens is 210 g/mol. The summed E-state index contributed by atoms with van der Waals surface area (Å²) in [6, 6.07) is 8.01. The lowest BCUT2D eigenvalue weighted by Crippen LogP contribution is -2.04. The van der Waals surface area contributed by atoms with Gasteiger partial charge in [-0.2, -0.15) is 0 Å². The zero-order valence-corrected chi connectivity index (χ0v) is 9.45. The molecule has 0 unspecified atom stereocenters. The molecule has 0 aliphatic carbocycles. The van der Waals surface area contributed by atoms with Gasteiger partial charge in [0.1, 0.15) is 5.69 Å². The molecule has 2 nitrogen and oxygen atoms in total. The molecule has 78 valence electrons. The SMILES string of the molecule is CC(C)n1c(C=O)c(Cl)c2ccccc21. The van der Waals surface area contributed by atoms with Crippen molar-refractivity contribution < 1.29 is 4.79 Å². The monoisotopic (exact) mass is 221 g/mol. The molecule has 2 rings (SSSR count). The first-order chi connectivity index (χ1) is 7.16. The fourth-order valence-corrected chi connectivity index (χ4v) is 2.20. The van der Waals surface area contributed by atoms with Crippen molar-refractivity contribution in [3.63, 3.8) is 0 Å². The number of aromatic nitrogens is 1. The van der Waals surface area contributed by atoms with Crippen LogP contribution in [-0.4, -0.2) is 10.9 Å². The summed E-state index contributed by atoms with van der Waals surface area (Å²) < 4.78 is 1.96. The second kappa shape index (κ2) is 3.70. The van der Waals surface area contributed by atoms with Crippen LogP contribution < -0.4 is 0 Å². The number of fused-ring (bicyclic) bond motifs is 1. The maximum atomic E-state index is 11.0. The first-order valence-corrected chi connectivity index (χ1v) is 5.28. The maximum absolute atomic E-state index is 11.0. The summed E-state index contributed by atoms with van der Waals surface area (Å²) in [5, 5.41) is 1.49. The number of para-hydroxylation sites is 1. The summed E-state index contributed by atoms with van der Waals surface area (Å²) in [4.78, 5) is 11.0. The van der Waals surface area contributed by atoms with Crippen LogP contribution in [0.3, 0.4) is 0 Å². The fourth-order valence-electron chi connectivity index (χ4n) is 1.91. The van der Waals surface area contributed by atoms with E-state index in [1.54, 1.807) is 0 Å². The minimum absolute atomic E-state index is 0.225. The highest BCUT2D eigenvalue weighted by Gasteiger charge is 2.16. The lowest BCUT2D eigenvalue weighted by atomic mass is 10.2. The van der Waals surface area contributed by atoms with Crippen LogP contribution in [0.2, 0.25) is 5.02 Å². The smallest absolute Gasteiger partial charge is 0.168 e. The average molecular weight is 222 g/mol. The topological polar surface area (TPSA) is 22.0 Å². The Morgan fingerprint density at radius 1 is 1.33 bits per heavy atom. The van der Waals surface area contributed by atoms with Crippen LogP contribution in [0.4, 0.5) is 0 Å². The molecule has 2 aromatic rings. The Morgan fingerprint density at radius 2 is 2.00 bits per heavy atom. The molecule has 1 aromatic heterocycles. The van der Waals surface area contributed by atoms with Crippen molar-refractivity contribution in [2.24, 2.45) is 0 Å². The number of halogens is 1. The number of carbonyl (C=O) groups excluding carboxylic acids is 1. The summed E-state index contributed by atoms with van der Waals surface area (Å²) >= 11 is 6.15. The second-order valence-corrected chi connectivity index (χ2v) is 4.18. The number of rotatable bonds is 2. The standard InChI is InChI=1S/C12H12ClNO/c1-8(2)14-10-6-4-3-5-9(10)12(13)11(14)7-15/h3-8H,1-2H3. The van der Waals surface area contributed by atoms with E-state index in [4.69, 9.17) is 11.6 Å². The summed E-state index contributed by atoms with van der Waals surface area (Å²) in [5.41, 5.74) is 1.58. The van der Waals surface area contributed by atoms with Gasteiger partial charge in [-0.3, -0.25) is 4.79 Å². The van der Waals surface area contributed by atoms with Crippen molar-refractivity contribution in [3.8, 4) is 0 Å². The van der Waals surface area contributed by atoms with E-state index in [0.717, 1.165) is 17.2 Å². The number of nitrogens with zero attached hydrogens (tertiary/aromatic N) is 1. The Kier molecular flexibility index (Phi) is 2.53. The molecule has 15 heavy (non-hydrogen) atoms. The zero-order valence-electron chi connectivity index (χ0n) is 8.70. The normalized spacial score (nSPS) is 11.2. The van der Waals surface area contributed by atoms with Crippen LogP contribution in [0.1, 0.15) is 30.4 Å². The van der Waals surface area contributed by atoms with Gasteiger partial charge in [0.25, 0.3) is 0 Å². The minimum atomic E-state index is 0.225. The van der Waals surface area contributed by atoms with E-state index in [1.165, 1.54) is 0 Å². The predicted molar refractivity (Wildman–Crippen MR) is 62.7 cm³/mol. The summed E-state index contributed by atoms with van der Waals surface area (Å²) in [5.74, 6) is 0. The second-order valence-electron chi connectivity index (χ2n) is 3.80. The number of hydrogen-bond acceptors (Lipinski definition) is 1. The van der Waals surface area contributed by atoms with Crippen LogP contribution in [0, 0.1) is 0 Å². The van der Waals surface area contributed by atoms with Crippen molar-refractivity contribution >= 4 is 28.8 Å². The van der Waals surface area contributed by atoms with Gasteiger partial charge in [0.15, 0.2) is 6.29 Å². The third kappa shape index (κ3) is 1.45. The van der Waals surface area contributed by atoms with Crippen LogP contribution in [0.5, 0.6) is 0 Å². The third-order valence-corrected chi connectivity index (χ3v) is 2.91. The van der Waals surface area contributed by atoms with Crippen molar-refractivity contribution in [2.45, 2.75) is 19.9 Å². The highest BCUT2D eigenvalue weighted by Crippen LogP contribution is 2.31. The van der Waals surface area contributed by atoms with Crippen molar-refractivity contribution in [1.82, 2.24) is 4.57 Å². The van der Waals surface area contributed by atoms with Gasteiger partial charge in [0, 0.05) is 11.4 Å². The summed E-state index contributed by atoms with van der Waals surface area (Å²) in [7, 11) is 0. The van der Waals surface area contributed by atoms with E-state index in [9.17, 15) is 4.79 Å². The van der Waals surface area contributed by atoms with Gasteiger partial charge in [-0.1, -0.05) is 29.8 Å². The van der Waals surface area contributed by atoms with Gasteiger partial charge in [0.05, 0.1) is 10.5 Å². The molecule has 0 saturated carbocycles. The molecule has 0 spiro atoms. The van der Waals surface area contributed by atoms with E-state index in [-0.39, 0.29) is 6.04 Å². The predicted octanol–water partition coefficient (Wildman–Crippen LogP) is 3.69. The van der Waals surface area contributed by atoms with Crippen molar-refractivity contribution in [3.05, 3.63) is 35.0 Å². The first-order valence-electron chi connectivity index (χ1n) is 4.90. The summed E-state index contributed by atoms with van der Waals surface area (Å²) in [6.07, 6.45) is 0.822. The zero-order chi connectivity index (χ0) is 11.0. The molecule has 1 aromatic carbocycles. The van der Waals surface area contributed by atoms with Crippen molar-refractivity contribution in [2.75, 3.05) is 0 Å². The molecule has 3 heteroatoms. The quantitative estimate of drug-likeness (QED) is 0.709.